The molecule has 1 fully saturated rings. The van der Waals surface area contributed by atoms with Gasteiger partial charge >= 0.3 is 0 Å². The molecule has 1 aliphatic heterocycles. The summed E-state index contributed by atoms with van der Waals surface area (Å²) in [5.41, 5.74) is 0. The highest BCUT2D eigenvalue weighted by atomic mass is 127. The van der Waals surface area contributed by atoms with Gasteiger partial charge in [0.2, 0.25) is 10.0 Å². The van der Waals surface area contributed by atoms with Crippen LogP contribution in [0.2, 0.25) is 0 Å². The van der Waals surface area contributed by atoms with E-state index in [0.29, 0.717) is 4.90 Å². The van der Waals surface area contributed by atoms with Crippen LogP contribution >= 0.6 is 35.0 Å². The van der Waals surface area contributed by atoms with Crippen molar-refractivity contribution in [2.75, 3.05) is 20.1 Å². The summed E-state index contributed by atoms with van der Waals surface area (Å²) in [4.78, 5) is 0.385. The fourth-order valence-electron chi connectivity index (χ4n) is 2.16. The standard InChI is InChI=1S/C12H17IN2O2S.ClH/c1-15(11-5-7-14-8-6-11)18(16,17)12-4-2-3-10(13)9-12;/h2-4,9,11,14H,5-8H2,1H3;1H. The van der Waals surface area contributed by atoms with Crippen LogP contribution in [0.5, 0.6) is 0 Å². The van der Waals surface area contributed by atoms with Gasteiger partial charge in [-0.25, -0.2) is 8.42 Å². The number of benzene rings is 1. The first-order valence-corrected chi connectivity index (χ1v) is 8.48. The van der Waals surface area contributed by atoms with E-state index in [2.05, 4.69) is 27.9 Å². The largest absolute Gasteiger partial charge is 0.317 e. The fraction of sp³-hybridized carbons (Fsp3) is 0.500. The molecule has 1 aromatic carbocycles. The first-order valence-electron chi connectivity index (χ1n) is 5.96. The zero-order chi connectivity index (χ0) is 13.2. The van der Waals surface area contributed by atoms with E-state index in [1.54, 1.807) is 25.2 Å². The van der Waals surface area contributed by atoms with Gasteiger partial charge in [-0.05, 0) is 66.7 Å². The highest BCUT2D eigenvalue weighted by Crippen LogP contribution is 2.21. The topological polar surface area (TPSA) is 49.4 Å². The van der Waals surface area contributed by atoms with Crippen LogP contribution in [0.1, 0.15) is 12.8 Å². The molecule has 1 N–H and O–H groups in total. The molecule has 7 heteroatoms. The third-order valence-electron chi connectivity index (χ3n) is 3.30. The van der Waals surface area contributed by atoms with Crippen LogP contribution in [0.25, 0.3) is 0 Å². The monoisotopic (exact) mass is 416 g/mol. The number of hydrogen-bond donors (Lipinski definition) is 1. The highest BCUT2D eigenvalue weighted by Gasteiger charge is 2.28. The second kappa shape index (κ2) is 7.21. The van der Waals surface area contributed by atoms with Gasteiger partial charge in [-0.1, -0.05) is 6.07 Å². The Hall–Kier alpha value is 0.110. The number of nitrogens with one attached hydrogen (secondary N) is 1. The zero-order valence-electron chi connectivity index (χ0n) is 10.7. The predicted molar refractivity (Wildman–Crippen MR) is 87.2 cm³/mol. The molecule has 1 aliphatic rings. The SMILES string of the molecule is CN(C1CCNCC1)S(=O)(=O)c1cccc(I)c1.Cl. The first-order chi connectivity index (χ1) is 8.51. The molecular weight excluding hydrogens is 399 g/mol. The van der Waals surface area contributed by atoms with E-state index in [-0.39, 0.29) is 18.4 Å². The summed E-state index contributed by atoms with van der Waals surface area (Å²) in [5, 5.41) is 3.25. The first kappa shape index (κ1) is 17.2. The molecule has 108 valence electrons. The van der Waals surface area contributed by atoms with Gasteiger partial charge < -0.3 is 5.32 Å². The number of hydrogen-bond acceptors (Lipinski definition) is 3. The molecule has 2 rings (SSSR count). The van der Waals surface area contributed by atoms with E-state index in [9.17, 15) is 8.42 Å². The Morgan fingerprint density at radius 1 is 1.32 bits per heavy atom. The maximum absolute atomic E-state index is 12.5. The molecule has 19 heavy (non-hydrogen) atoms. The molecule has 0 aliphatic carbocycles. The lowest BCUT2D eigenvalue weighted by atomic mass is 10.1. The molecule has 0 amide bonds. The summed E-state index contributed by atoms with van der Waals surface area (Å²) in [6.07, 6.45) is 1.75. The van der Waals surface area contributed by atoms with E-state index in [4.69, 9.17) is 0 Å². The van der Waals surface area contributed by atoms with Crippen molar-refractivity contribution in [1.82, 2.24) is 9.62 Å². The van der Waals surface area contributed by atoms with Gasteiger partial charge in [0, 0.05) is 16.7 Å². The number of nitrogens with zero attached hydrogens (tertiary/aromatic N) is 1. The Kier molecular flexibility index (Phi) is 6.52. The van der Waals surface area contributed by atoms with Crippen LogP contribution in [-0.4, -0.2) is 38.9 Å². The van der Waals surface area contributed by atoms with Crippen molar-refractivity contribution in [2.24, 2.45) is 0 Å². The molecule has 0 saturated carbocycles. The minimum absolute atomic E-state index is 0. The molecule has 0 spiro atoms. The Balaban J connectivity index is 0.00000180. The molecule has 4 nitrogen and oxygen atoms in total. The lowest BCUT2D eigenvalue weighted by Gasteiger charge is -2.30. The van der Waals surface area contributed by atoms with Crippen molar-refractivity contribution < 1.29 is 8.42 Å². The van der Waals surface area contributed by atoms with E-state index in [1.165, 1.54) is 4.31 Å². The van der Waals surface area contributed by atoms with Crippen molar-refractivity contribution in [3.8, 4) is 0 Å². The van der Waals surface area contributed by atoms with Gasteiger partial charge in [-0.3, -0.25) is 0 Å². The summed E-state index contributed by atoms with van der Waals surface area (Å²) < 4.78 is 27.4. The number of sulfonamides is 1. The van der Waals surface area contributed by atoms with Crippen molar-refractivity contribution in [3.05, 3.63) is 27.8 Å². The van der Waals surface area contributed by atoms with Crippen LogP contribution < -0.4 is 5.32 Å². The zero-order valence-corrected chi connectivity index (χ0v) is 14.5. The molecule has 0 unspecified atom stereocenters. The van der Waals surface area contributed by atoms with Gasteiger partial charge in [-0.15, -0.1) is 12.4 Å². The number of rotatable bonds is 3. The molecule has 1 saturated heterocycles. The maximum atomic E-state index is 12.5. The summed E-state index contributed by atoms with van der Waals surface area (Å²) in [6.45, 7) is 1.77. The highest BCUT2D eigenvalue weighted by molar-refractivity contribution is 14.1. The second-order valence-electron chi connectivity index (χ2n) is 4.46. The van der Waals surface area contributed by atoms with E-state index in [1.807, 2.05) is 6.07 Å². The average molecular weight is 417 g/mol. The number of halogens is 2. The van der Waals surface area contributed by atoms with Gasteiger partial charge in [0.1, 0.15) is 0 Å². The van der Waals surface area contributed by atoms with Crippen LogP contribution in [-0.2, 0) is 10.0 Å². The quantitative estimate of drug-likeness (QED) is 0.768. The van der Waals surface area contributed by atoms with Crippen LogP contribution in [0.4, 0.5) is 0 Å². The Bertz CT molecular complexity index is 518. The maximum Gasteiger partial charge on any atom is 0.243 e. The molecule has 0 radical (unpaired) electrons. The second-order valence-corrected chi connectivity index (χ2v) is 7.70. The molecule has 0 bridgehead atoms. The summed E-state index contributed by atoms with van der Waals surface area (Å²) in [7, 11) is -1.67. The van der Waals surface area contributed by atoms with Crippen LogP contribution in [0.3, 0.4) is 0 Å². The molecule has 1 aromatic rings. The summed E-state index contributed by atoms with van der Waals surface area (Å²) in [5.74, 6) is 0. The normalized spacial score (nSPS) is 17.2. The van der Waals surface area contributed by atoms with Gasteiger partial charge in [0.25, 0.3) is 0 Å². The van der Waals surface area contributed by atoms with Crippen molar-refractivity contribution in [3.63, 3.8) is 0 Å². The van der Waals surface area contributed by atoms with E-state index in [0.717, 1.165) is 29.5 Å². The van der Waals surface area contributed by atoms with Crippen molar-refractivity contribution in [1.29, 1.82) is 0 Å². The number of piperidine rings is 1. The van der Waals surface area contributed by atoms with E-state index >= 15 is 0 Å². The Labute approximate surface area is 134 Å². The fourth-order valence-corrected chi connectivity index (χ4v) is 4.38. The lowest BCUT2D eigenvalue weighted by Crippen LogP contribution is -2.43. The summed E-state index contributed by atoms with van der Waals surface area (Å²) >= 11 is 2.13. The Morgan fingerprint density at radius 2 is 1.95 bits per heavy atom. The van der Waals surface area contributed by atoms with Crippen molar-refractivity contribution >= 4 is 45.0 Å². The predicted octanol–water partition coefficient (Wildman–Crippen LogP) is 2.09. The van der Waals surface area contributed by atoms with Crippen LogP contribution in [0.15, 0.2) is 29.2 Å². The average Bonchev–Trinajstić information content (AvgIpc) is 2.39. The smallest absolute Gasteiger partial charge is 0.243 e. The molecule has 0 aromatic heterocycles. The minimum atomic E-state index is -3.36. The van der Waals surface area contributed by atoms with Crippen LogP contribution in [0, 0.1) is 3.57 Å². The van der Waals surface area contributed by atoms with Gasteiger partial charge in [0.15, 0.2) is 0 Å². The van der Waals surface area contributed by atoms with Crippen molar-refractivity contribution in [2.45, 2.75) is 23.8 Å². The summed E-state index contributed by atoms with van der Waals surface area (Å²) in [6, 6.07) is 7.16. The molecular formula is C12H18ClIN2O2S. The van der Waals surface area contributed by atoms with Gasteiger partial charge in [0.05, 0.1) is 4.90 Å². The lowest BCUT2D eigenvalue weighted by molar-refractivity contribution is 0.296. The molecule has 1 heterocycles. The molecule has 0 atom stereocenters. The minimum Gasteiger partial charge on any atom is -0.317 e. The third-order valence-corrected chi connectivity index (χ3v) is 5.87. The third kappa shape index (κ3) is 4.04. The van der Waals surface area contributed by atoms with E-state index < -0.39 is 10.0 Å². The van der Waals surface area contributed by atoms with Gasteiger partial charge in [-0.2, -0.15) is 4.31 Å². The Morgan fingerprint density at radius 3 is 2.53 bits per heavy atom.